The molecule has 23 heavy (non-hydrogen) atoms. The van der Waals surface area contributed by atoms with Crippen LogP contribution in [0.4, 0.5) is 5.69 Å². The number of aliphatic carboxylic acids is 1. The van der Waals surface area contributed by atoms with Crippen molar-refractivity contribution < 1.29 is 14.7 Å². The summed E-state index contributed by atoms with van der Waals surface area (Å²) in [4.78, 5) is 24.7. The lowest BCUT2D eigenvalue weighted by Crippen LogP contribution is -2.48. The van der Waals surface area contributed by atoms with E-state index in [1.807, 2.05) is 38.1 Å². The van der Waals surface area contributed by atoms with Crippen LogP contribution in [-0.4, -0.2) is 17.0 Å². The highest BCUT2D eigenvalue weighted by molar-refractivity contribution is 5.96. The van der Waals surface area contributed by atoms with Crippen LogP contribution < -0.4 is 5.32 Å². The van der Waals surface area contributed by atoms with Crippen molar-refractivity contribution in [3.05, 3.63) is 41.5 Å². The molecule has 4 heteroatoms. The van der Waals surface area contributed by atoms with Crippen LogP contribution in [0.3, 0.4) is 0 Å². The molecule has 1 amide bonds. The molecule has 0 aliphatic heterocycles. The summed E-state index contributed by atoms with van der Waals surface area (Å²) in [5.41, 5.74) is 2.94. The first-order valence-corrected chi connectivity index (χ1v) is 8.27. The van der Waals surface area contributed by atoms with Crippen LogP contribution in [0.2, 0.25) is 0 Å². The summed E-state index contributed by atoms with van der Waals surface area (Å²) in [6, 6.07) is 5.80. The Morgan fingerprint density at radius 3 is 2.39 bits per heavy atom. The molecule has 5 rings (SSSR count). The van der Waals surface area contributed by atoms with E-state index in [0.717, 1.165) is 23.2 Å². The molecular formula is C19H21NO3. The average Bonchev–Trinajstić information content (AvgIpc) is 3.33. The topological polar surface area (TPSA) is 66.4 Å². The fraction of sp³-hybridized carbons (Fsp3) is 0.474. The Labute approximate surface area is 135 Å². The SMILES string of the molecule is Cc1cccc(NC(=O)C2C3C=CC(C4CC34)C2C(=O)O)c1C. The van der Waals surface area contributed by atoms with Crippen molar-refractivity contribution in [3.63, 3.8) is 0 Å². The van der Waals surface area contributed by atoms with Crippen LogP contribution in [0.15, 0.2) is 30.4 Å². The molecule has 0 spiro atoms. The van der Waals surface area contributed by atoms with Gasteiger partial charge < -0.3 is 10.4 Å². The molecule has 2 bridgehead atoms. The molecule has 0 heterocycles. The summed E-state index contributed by atoms with van der Waals surface area (Å²) in [5.74, 6) is -0.921. The van der Waals surface area contributed by atoms with Crippen molar-refractivity contribution in [2.75, 3.05) is 5.32 Å². The number of hydrogen-bond acceptors (Lipinski definition) is 2. The zero-order valence-corrected chi connectivity index (χ0v) is 13.3. The highest BCUT2D eigenvalue weighted by atomic mass is 16.4. The van der Waals surface area contributed by atoms with E-state index in [0.29, 0.717) is 11.8 Å². The lowest BCUT2D eigenvalue weighted by atomic mass is 9.62. The van der Waals surface area contributed by atoms with E-state index < -0.39 is 17.8 Å². The number of carbonyl (C=O) groups excluding carboxylic acids is 1. The molecule has 4 aliphatic rings. The van der Waals surface area contributed by atoms with E-state index in [1.54, 1.807) is 0 Å². The highest BCUT2D eigenvalue weighted by Crippen LogP contribution is 2.63. The van der Waals surface area contributed by atoms with Crippen LogP contribution in [0, 0.1) is 49.4 Å². The number of nitrogens with one attached hydrogen (secondary N) is 1. The maximum absolute atomic E-state index is 12.9. The summed E-state index contributed by atoms with van der Waals surface area (Å²) in [6.45, 7) is 3.98. The van der Waals surface area contributed by atoms with Gasteiger partial charge in [0.15, 0.2) is 0 Å². The van der Waals surface area contributed by atoms with Crippen LogP contribution in [-0.2, 0) is 9.59 Å². The van der Waals surface area contributed by atoms with Gasteiger partial charge in [-0.25, -0.2) is 0 Å². The minimum Gasteiger partial charge on any atom is -0.481 e. The zero-order chi connectivity index (χ0) is 16.3. The molecule has 1 aromatic carbocycles. The van der Waals surface area contributed by atoms with Crippen LogP contribution in [0.1, 0.15) is 17.5 Å². The second-order valence-corrected chi connectivity index (χ2v) is 7.23. The second-order valence-electron chi connectivity index (χ2n) is 7.23. The molecule has 4 aliphatic carbocycles. The molecule has 2 N–H and O–H groups in total. The minimum atomic E-state index is -0.837. The summed E-state index contributed by atoms with van der Waals surface area (Å²) >= 11 is 0. The molecule has 0 radical (unpaired) electrons. The summed E-state index contributed by atoms with van der Waals surface area (Å²) in [6.07, 6.45) is 5.20. The summed E-state index contributed by atoms with van der Waals surface area (Å²) < 4.78 is 0. The monoisotopic (exact) mass is 311 g/mol. The number of fused-ring (bicyclic) bond motifs is 1. The van der Waals surface area contributed by atoms with E-state index >= 15 is 0 Å². The lowest BCUT2D eigenvalue weighted by molar-refractivity contribution is -0.152. The third kappa shape index (κ3) is 2.12. The number of rotatable bonds is 3. The van der Waals surface area contributed by atoms with Gasteiger partial charge in [-0.15, -0.1) is 0 Å². The molecule has 2 saturated carbocycles. The Morgan fingerprint density at radius 1 is 1.09 bits per heavy atom. The van der Waals surface area contributed by atoms with E-state index in [-0.39, 0.29) is 17.7 Å². The van der Waals surface area contributed by atoms with Crippen LogP contribution in [0.25, 0.3) is 0 Å². The van der Waals surface area contributed by atoms with Crippen molar-refractivity contribution in [2.45, 2.75) is 20.3 Å². The first-order chi connectivity index (χ1) is 11.0. The van der Waals surface area contributed by atoms with Gasteiger partial charge in [0.2, 0.25) is 5.91 Å². The smallest absolute Gasteiger partial charge is 0.307 e. The van der Waals surface area contributed by atoms with Crippen molar-refractivity contribution >= 4 is 17.6 Å². The predicted octanol–water partition coefficient (Wildman–Crippen LogP) is 3.01. The van der Waals surface area contributed by atoms with Crippen LogP contribution >= 0.6 is 0 Å². The summed E-state index contributed by atoms with van der Waals surface area (Å²) in [5, 5.41) is 12.7. The third-order valence-electron chi connectivity index (χ3n) is 6.10. The number of hydrogen-bond donors (Lipinski definition) is 2. The number of carbonyl (C=O) groups is 2. The Hall–Kier alpha value is -2.10. The van der Waals surface area contributed by atoms with Crippen LogP contribution in [0.5, 0.6) is 0 Å². The van der Waals surface area contributed by atoms with E-state index in [9.17, 15) is 14.7 Å². The Bertz CT molecular complexity index is 723. The van der Waals surface area contributed by atoms with Gasteiger partial charge in [0.25, 0.3) is 0 Å². The van der Waals surface area contributed by atoms with Gasteiger partial charge >= 0.3 is 5.97 Å². The number of carboxylic acids is 1. The molecule has 6 atom stereocenters. The third-order valence-corrected chi connectivity index (χ3v) is 6.10. The number of benzene rings is 1. The number of amides is 1. The predicted molar refractivity (Wildman–Crippen MR) is 86.9 cm³/mol. The van der Waals surface area contributed by atoms with Gasteiger partial charge in [-0.3, -0.25) is 9.59 Å². The van der Waals surface area contributed by atoms with Crippen molar-refractivity contribution in [3.8, 4) is 0 Å². The number of aryl methyl sites for hydroxylation is 1. The van der Waals surface area contributed by atoms with Gasteiger partial charge in [-0.1, -0.05) is 24.3 Å². The van der Waals surface area contributed by atoms with Crippen molar-refractivity contribution in [1.82, 2.24) is 0 Å². The molecule has 1 aromatic rings. The maximum Gasteiger partial charge on any atom is 0.307 e. The summed E-state index contributed by atoms with van der Waals surface area (Å²) in [7, 11) is 0. The van der Waals surface area contributed by atoms with Gasteiger partial charge in [0.05, 0.1) is 11.8 Å². The van der Waals surface area contributed by atoms with Gasteiger partial charge in [-0.2, -0.15) is 0 Å². The minimum absolute atomic E-state index is 0.0249. The lowest BCUT2D eigenvalue weighted by Gasteiger charge is -2.41. The molecule has 120 valence electrons. The first kappa shape index (κ1) is 14.5. The van der Waals surface area contributed by atoms with Gasteiger partial charge in [-0.05, 0) is 61.1 Å². The largest absolute Gasteiger partial charge is 0.481 e. The zero-order valence-electron chi connectivity index (χ0n) is 13.3. The Kier molecular flexibility index (Phi) is 3.12. The number of anilines is 1. The Morgan fingerprint density at radius 2 is 1.74 bits per heavy atom. The normalized spacial score (nSPS) is 36.4. The molecule has 4 nitrogen and oxygen atoms in total. The van der Waals surface area contributed by atoms with E-state index in [1.165, 1.54) is 0 Å². The van der Waals surface area contributed by atoms with Gasteiger partial charge in [0, 0.05) is 5.69 Å². The number of carboxylic acid groups (broad SMARTS) is 1. The fourth-order valence-corrected chi connectivity index (χ4v) is 4.67. The molecule has 0 saturated heterocycles. The molecule has 0 aromatic heterocycles. The fourth-order valence-electron chi connectivity index (χ4n) is 4.67. The number of allylic oxidation sites excluding steroid dienone is 2. The van der Waals surface area contributed by atoms with E-state index in [4.69, 9.17) is 0 Å². The van der Waals surface area contributed by atoms with Gasteiger partial charge in [0.1, 0.15) is 0 Å². The molecular weight excluding hydrogens is 290 g/mol. The maximum atomic E-state index is 12.9. The Balaban J connectivity index is 1.63. The quantitative estimate of drug-likeness (QED) is 0.843. The van der Waals surface area contributed by atoms with Crippen molar-refractivity contribution in [1.29, 1.82) is 0 Å². The average molecular weight is 311 g/mol. The highest BCUT2D eigenvalue weighted by Gasteiger charge is 2.62. The first-order valence-electron chi connectivity index (χ1n) is 8.27. The second kappa shape index (κ2) is 4.95. The molecule has 2 fully saturated rings. The van der Waals surface area contributed by atoms with E-state index in [2.05, 4.69) is 11.4 Å². The molecule has 6 unspecified atom stereocenters. The van der Waals surface area contributed by atoms with Crippen molar-refractivity contribution in [2.24, 2.45) is 35.5 Å². The standard InChI is InChI=1S/C19H21NO3/c1-9-4-3-5-15(10(9)2)20-18(21)16-11-6-7-12(14-8-13(11)14)17(16)19(22)23/h3-7,11-14,16-17H,8H2,1-2H3,(H,20,21)(H,22,23).